The molecule has 16 heavy (non-hydrogen) atoms. The Morgan fingerprint density at radius 1 is 1.50 bits per heavy atom. The van der Waals surface area contributed by atoms with Crippen LogP contribution in [0.25, 0.3) is 0 Å². The van der Waals surface area contributed by atoms with Crippen LogP contribution < -0.4 is 10.1 Å². The smallest absolute Gasteiger partial charge is 0.143 e. The van der Waals surface area contributed by atoms with E-state index in [9.17, 15) is 0 Å². The van der Waals surface area contributed by atoms with E-state index in [1.54, 1.807) is 13.2 Å². The van der Waals surface area contributed by atoms with E-state index in [0.29, 0.717) is 5.56 Å². The molecule has 0 aliphatic heterocycles. The summed E-state index contributed by atoms with van der Waals surface area (Å²) in [5, 5.41) is 12.2. The molecule has 1 N–H and O–H groups in total. The molecule has 86 valence electrons. The average Bonchev–Trinajstić information content (AvgIpc) is 2.34. The lowest BCUT2D eigenvalue weighted by molar-refractivity contribution is 0.416. The number of nitriles is 1. The zero-order valence-electron chi connectivity index (χ0n) is 9.62. The Kier molecular flexibility index (Phi) is 5.58. The minimum absolute atomic E-state index is 0.626. The van der Waals surface area contributed by atoms with Crippen molar-refractivity contribution in [3.8, 4) is 11.8 Å². The second kappa shape index (κ2) is 7.02. The Morgan fingerprint density at radius 3 is 2.94 bits per heavy atom. The molecule has 1 aromatic rings. The number of hydrogen-bond donors (Lipinski definition) is 1. The molecular weight excluding hydrogens is 220 g/mol. The SMILES string of the molecule is CCSCCNc1c(C#N)cccc1OC. The summed E-state index contributed by atoms with van der Waals surface area (Å²) in [5.74, 6) is 2.86. The maximum Gasteiger partial charge on any atom is 0.143 e. The quantitative estimate of drug-likeness (QED) is 0.771. The van der Waals surface area contributed by atoms with Crippen molar-refractivity contribution >= 4 is 17.4 Å². The molecule has 0 unspecified atom stereocenters. The first-order valence-electron chi connectivity index (χ1n) is 5.22. The first kappa shape index (κ1) is 12.7. The van der Waals surface area contributed by atoms with Crippen LogP contribution in [0, 0.1) is 11.3 Å². The van der Waals surface area contributed by atoms with Crippen LogP contribution in [0.2, 0.25) is 0 Å². The molecule has 0 bridgehead atoms. The van der Waals surface area contributed by atoms with E-state index in [4.69, 9.17) is 10.00 Å². The minimum atomic E-state index is 0.626. The third kappa shape index (κ3) is 3.35. The van der Waals surface area contributed by atoms with E-state index in [1.165, 1.54) is 0 Å². The Morgan fingerprint density at radius 2 is 2.31 bits per heavy atom. The van der Waals surface area contributed by atoms with Gasteiger partial charge in [-0.1, -0.05) is 13.0 Å². The standard InChI is InChI=1S/C12H16N2OS/c1-3-16-8-7-14-12-10(9-13)5-4-6-11(12)15-2/h4-6,14H,3,7-8H2,1-2H3. The van der Waals surface area contributed by atoms with Crippen LogP contribution in [-0.4, -0.2) is 25.2 Å². The molecule has 1 rings (SSSR count). The molecule has 0 aromatic heterocycles. The van der Waals surface area contributed by atoms with Crippen LogP contribution in [-0.2, 0) is 0 Å². The number of para-hydroxylation sites is 1. The van der Waals surface area contributed by atoms with Crippen molar-refractivity contribution in [2.45, 2.75) is 6.92 Å². The highest BCUT2D eigenvalue weighted by Crippen LogP contribution is 2.27. The van der Waals surface area contributed by atoms with Gasteiger partial charge in [0.25, 0.3) is 0 Å². The van der Waals surface area contributed by atoms with Gasteiger partial charge in [-0.05, 0) is 17.9 Å². The van der Waals surface area contributed by atoms with E-state index in [0.717, 1.165) is 29.5 Å². The second-order valence-corrected chi connectivity index (χ2v) is 4.51. The van der Waals surface area contributed by atoms with Gasteiger partial charge >= 0.3 is 0 Å². The summed E-state index contributed by atoms with van der Waals surface area (Å²) in [6.45, 7) is 2.97. The fourth-order valence-corrected chi connectivity index (χ4v) is 1.90. The van der Waals surface area contributed by atoms with Gasteiger partial charge in [-0.15, -0.1) is 0 Å². The average molecular weight is 236 g/mol. The number of anilines is 1. The topological polar surface area (TPSA) is 45.0 Å². The van der Waals surface area contributed by atoms with Crippen LogP contribution >= 0.6 is 11.8 Å². The molecule has 0 aliphatic rings. The minimum Gasteiger partial charge on any atom is -0.495 e. The van der Waals surface area contributed by atoms with Gasteiger partial charge in [0, 0.05) is 12.3 Å². The molecule has 3 nitrogen and oxygen atoms in total. The van der Waals surface area contributed by atoms with Gasteiger partial charge in [0.05, 0.1) is 18.4 Å². The predicted octanol–water partition coefficient (Wildman–Crippen LogP) is 2.73. The van der Waals surface area contributed by atoms with Crippen LogP contribution in [0.4, 0.5) is 5.69 Å². The lowest BCUT2D eigenvalue weighted by atomic mass is 10.2. The molecule has 0 spiro atoms. The van der Waals surface area contributed by atoms with Crippen molar-refractivity contribution in [1.82, 2.24) is 0 Å². The highest BCUT2D eigenvalue weighted by atomic mass is 32.2. The lowest BCUT2D eigenvalue weighted by Crippen LogP contribution is -2.07. The highest BCUT2D eigenvalue weighted by molar-refractivity contribution is 7.99. The lowest BCUT2D eigenvalue weighted by Gasteiger charge is -2.12. The Balaban J connectivity index is 2.72. The van der Waals surface area contributed by atoms with Crippen molar-refractivity contribution < 1.29 is 4.74 Å². The summed E-state index contributed by atoms with van der Waals surface area (Å²) in [4.78, 5) is 0. The predicted molar refractivity (Wildman–Crippen MR) is 69.2 cm³/mol. The zero-order valence-corrected chi connectivity index (χ0v) is 10.4. The van der Waals surface area contributed by atoms with Crippen molar-refractivity contribution in [1.29, 1.82) is 5.26 Å². The van der Waals surface area contributed by atoms with E-state index < -0.39 is 0 Å². The summed E-state index contributed by atoms with van der Waals surface area (Å²) in [7, 11) is 1.61. The van der Waals surface area contributed by atoms with Gasteiger partial charge in [-0.2, -0.15) is 17.0 Å². The number of hydrogen-bond acceptors (Lipinski definition) is 4. The molecule has 4 heteroatoms. The fraction of sp³-hybridized carbons (Fsp3) is 0.417. The number of ether oxygens (including phenoxy) is 1. The number of rotatable bonds is 6. The third-order valence-corrected chi connectivity index (χ3v) is 3.02. The number of benzene rings is 1. The molecule has 0 fully saturated rings. The van der Waals surface area contributed by atoms with Crippen molar-refractivity contribution in [3.05, 3.63) is 23.8 Å². The number of nitrogens with one attached hydrogen (secondary N) is 1. The van der Waals surface area contributed by atoms with Gasteiger partial charge < -0.3 is 10.1 Å². The normalized spacial score (nSPS) is 9.56. The number of thioether (sulfide) groups is 1. The summed E-state index contributed by atoms with van der Waals surface area (Å²) in [6, 6.07) is 7.63. The first-order chi connectivity index (χ1) is 7.83. The molecule has 0 amide bonds. The zero-order chi connectivity index (χ0) is 11.8. The molecule has 0 heterocycles. The molecule has 1 aromatic carbocycles. The molecule has 0 radical (unpaired) electrons. The van der Waals surface area contributed by atoms with Crippen LogP contribution in [0.3, 0.4) is 0 Å². The molecule has 0 saturated heterocycles. The molecule has 0 aliphatic carbocycles. The van der Waals surface area contributed by atoms with Crippen LogP contribution in [0.5, 0.6) is 5.75 Å². The summed E-state index contributed by atoms with van der Waals surface area (Å²) in [5.41, 5.74) is 1.42. The Hall–Kier alpha value is -1.34. The molecule has 0 atom stereocenters. The third-order valence-electron chi connectivity index (χ3n) is 2.12. The summed E-state index contributed by atoms with van der Waals surface area (Å²) in [6.07, 6.45) is 0. The number of methoxy groups -OCH3 is 1. The molecule has 0 saturated carbocycles. The Bertz CT molecular complexity index is 374. The fourth-order valence-electron chi connectivity index (χ4n) is 1.37. The number of nitrogens with zero attached hydrogens (tertiary/aromatic N) is 1. The van der Waals surface area contributed by atoms with Crippen molar-refractivity contribution in [2.75, 3.05) is 30.5 Å². The van der Waals surface area contributed by atoms with Crippen molar-refractivity contribution in [3.63, 3.8) is 0 Å². The van der Waals surface area contributed by atoms with Crippen molar-refractivity contribution in [2.24, 2.45) is 0 Å². The second-order valence-electron chi connectivity index (χ2n) is 3.12. The van der Waals surface area contributed by atoms with Gasteiger partial charge in [-0.3, -0.25) is 0 Å². The summed E-state index contributed by atoms with van der Waals surface area (Å²) < 4.78 is 5.22. The van der Waals surface area contributed by atoms with Crippen LogP contribution in [0.1, 0.15) is 12.5 Å². The van der Waals surface area contributed by atoms with E-state index >= 15 is 0 Å². The van der Waals surface area contributed by atoms with E-state index in [2.05, 4.69) is 18.3 Å². The monoisotopic (exact) mass is 236 g/mol. The molecular formula is C12H16N2OS. The van der Waals surface area contributed by atoms with Crippen LogP contribution in [0.15, 0.2) is 18.2 Å². The maximum atomic E-state index is 8.99. The van der Waals surface area contributed by atoms with Gasteiger partial charge in [0.15, 0.2) is 0 Å². The first-order valence-corrected chi connectivity index (χ1v) is 6.37. The van der Waals surface area contributed by atoms with E-state index in [1.807, 2.05) is 23.9 Å². The van der Waals surface area contributed by atoms with E-state index in [-0.39, 0.29) is 0 Å². The summed E-state index contributed by atoms with van der Waals surface area (Å²) >= 11 is 1.87. The maximum absolute atomic E-state index is 8.99. The Labute approximate surface area is 101 Å². The van der Waals surface area contributed by atoms with Gasteiger partial charge in [0.2, 0.25) is 0 Å². The highest BCUT2D eigenvalue weighted by Gasteiger charge is 2.07. The van der Waals surface area contributed by atoms with Gasteiger partial charge in [0.1, 0.15) is 11.8 Å². The van der Waals surface area contributed by atoms with Gasteiger partial charge in [-0.25, -0.2) is 0 Å². The largest absolute Gasteiger partial charge is 0.495 e.